The van der Waals surface area contributed by atoms with Gasteiger partial charge < -0.3 is 19.7 Å². The van der Waals surface area contributed by atoms with Crippen LogP contribution in [0.2, 0.25) is 0 Å². The van der Waals surface area contributed by atoms with Crippen molar-refractivity contribution in [2.45, 2.75) is 39.2 Å². The fraction of sp³-hybridized carbons (Fsp3) is 0.583. The number of piperazine rings is 1. The molecule has 1 saturated heterocycles. The van der Waals surface area contributed by atoms with Crippen LogP contribution in [0.1, 0.15) is 41.4 Å². The standard InChI is InChI=1S/C24H34F3N5O3/c1-3-30(4-2)14-20(33)15-31-8-10-32(11-9-31)16-22-29-21(17-35-22)23(34)28-13-18-6-5-7-19(12-18)24(25,26)27/h5-7,12,17,20,33H,3-4,8-11,13-16H2,1-2H3,(H,28,34)/t20-/m1/s1. The Hall–Kier alpha value is -2.47. The number of hydrogen-bond donors (Lipinski definition) is 2. The van der Waals surface area contributed by atoms with Gasteiger partial charge in [0.2, 0.25) is 5.89 Å². The summed E-state index contributed by atoms with van der Waals surface area (Å²) in [4.78, 5) is 23.2. The molecule has 0 bridgehead atoms. The summed E-state index contributed by atoms with van der Waals surface area (Å²) in [5, 5.41) is 12.9. The topological polar surface area (TPSA) is 85.1 Å². The maximum atomic E-state index is 12.8. The van der Waals surface area contributed by atoms with Crippen molar-refractivity contribution in [2.75, 3.05) is 52.4 Å². The number of aliphatic hydroxyl groups excluding tert-OH is 1. The van der Waals surface area contributed by atoms with Gasteiger partial charge in [0.05, 0.1) is 18.2 Å². The monoisotopic (exact) mass is 497 g/mol. The molecule has 0 saturated carbocycles. The predicted molar refractivity (Wildman–Crippen MR) is 125 cm³/mol. The lowest BCUT2D eigenvalue weighted by atomic mass is 10.1. The zero-order valence-electron chi connectivity index (χ0n) is 20.2. The smallest absolute Gasteiger partial charge is 0.416 e. The quantitative estimate of drug-likeness (QED) is 0.493. The second kappa shape index (κ2) is 12.5. The lowest BCUT2D eigenvalue weighted by molar-refractivity contribution is -0.137. The number of rotatable bonds is 11. The molecular weight excluding hydrogens is 463 g/mol. The van der Waals surface area contributed by atoms with E-state index >= 15 is 0 Å². The van der Waals surface area contributed by atoms with Crippen molar-refractivity contribution in [3.05, 3.63) is 53.2 Å². The number of amides is 1. The number of aromatic nitrogens is 1. The SMILES string of the molecule is CCN(CC)C[C@@H](O)CN1CCN(Cc2nc(C(=O)NCc3cccc(C(F)(F)F)c3)co2)CC1. The number of likely N-dealkylation sites (N-methyl/N-ethyl adjacent to an activating group) is 1. The summed E-state index contributed by atoms with van der Waals surface area (Å²) >= 11 is 0. The van der Waals surface area contributed by atoms with Gasteiger partial charge in [-0.25, -0.2) is 4.98 Å². The van der Waals surface area contributed by atoms with Crippen LogP contribution in [-0.4, -0.2) is 89.2 Å². The van der Waals surface area contributed by atoms with Crippen molar-refractivity contribution >= 4 is 5.91 Å². The molecule has 3 rings (SSSR count). The van der Waals surface area contributed by atoms with E-state index in [0.29, 0.717) is 31.1 Å². The molecule has 11 heteroatoms. The van der Waals surface area contributed by atoms with E-state index in [-0.39, 0.29) is 18.3 Å². The molecule has 1 aromatic carbocycles. The average molecular weight is 498 g/mol. The predicted octanol–water partition coefficient (Wildman–Crippen LogP) is 2.44. The molecule has 1 fully saturated rings. The van der Waals surface area contributed by atoms with Gasteiger partial charge in [0, 0.05) is 45.8 Å². The molecular formula is C24H34F3N5O3. The first kappa shape index (κ1) is 27.1. The lowest BCUT2D eigenvalue weighted by Crippen LogP contribution is -2.49. The largest absolute Gasteiger partial charge is 0.447 e. The summed E-state index contributed by atoms with van der Waals surface area (Å²) in [6, 6.07) is 4.83. The molecule has 35 heavy (non-hydrogen) atoms. The Bertz CT molecular complexity index is 940. The first-order chi connectivity index (χ1) is 16.7. The van der Waals surface area contributed by atoms with Crippen LogP contribution in [0.25, 0.3) is 0 Å². The van der Waals surface area contributed by atoms with Gasteiger partial charge in [-0.3, -0.25) is 14.6 Å². The van der Waals surface area contributed by atoms with E-state index in [1.807, 2.05) is 0 Å². The number of carbonyl (C=O) groups is 1. The fourth-order valence-corrected chi connectivity index (χ4v) is 4.08. The van der Waals surface area contributed by atoms with E-state index in [2.05, 4.69) is 38.8 Å². The number of alkyl halides is 3. The minimum atomic E-state index is -4.43. The van der Waals surface area contributed by atoms with Gasteiger partial charge in [0.15, 0.2) is 5.69 Å². The second-order valence-electron chi connectivity index (χ2n) is 8.72. The number of benzene rings is 1. The zero-order valence-corrected chi connectivity index (χ0v) is 20.2. The van der Waals surface area contributed by atoms with Crippen LogP contribution < -0.4 is 5.32 Å². The first-order valence-electron chi connectivity index (χ1n) is 11.9. The molecule has 1 aliphatic heterocycles. The van der Waals surface area contributed by atoms with Crippen molar-refractivity contribution in [1.82, 2.24) is 25.0 Å². The van der Waals surface area contributed by atoms with E-state index in [4.69, 9.17) is 4.42 Å². The number of hydrogen-bond acceptors (Lipinski definition) is 7. The Balaban J connectivity index is 1.42. The highest BCUT2D eigenvalue weighted by Crippen LogP contribution is 2.29. The maximum absolute atomic E-state index is 12.8. The number of aliphatic hydroxyl groups is 1. The number of nitrogens with zero attached hydrogens (tertiary/aromatic N) is 4. The second-order valence-corrected chi connectivity index (χ2v) is 8.72. The fourth-order valence-electron chi connectivity index (χ4n) is 4.08. The molecule has 2 N–H and O–H groups in total. The van der Waals surface area contributed by atoms with Crippen molar-refractivity contribution in [2.24, 2.45) is 0 Å². The van der Waals surface area contributed by atoms with Crippen LogP contribution in [0.5, 0.6) is 0 Å². The average Bonchev–Trinajstić information content (AvgIpc) is 3.30. The van der Waals surface area contributed by atoms with Crippen LogP contribution in [0.4, 0.5) is 13.2 Å². The van der Waals surface area contributed by atoms with E-state index in [1.54, 1.807) is 0 Å². The third-order valence-corrected chi connectivity index (χ3v) is 6.15. The molecule has 0 unspecified atom stereocenters. The summed E-state index contributed by atoms with van der Waals surface area (Å²) in [6.07, 6.45) is -3.56. The van der Waals surface area contributed by atoms with Crippen LogP contribution in [0.3, 0.4) is 0 Å². The Labute approximate surface area is 203 Å². The van der Waals surface area contributed by atoms with Crippen molar-refractivity contribution in [1.29, 1.82) is 0 Å². The molecule has 194 valence electrons. The van der Waals surface area contributed by atoms with Gasteiger partial charge in [-0.2, -0.15) is 13.2 Å². The highest BCUT2D eigenvalue weighted by molar-refractivity contribution is 5.91. The van der Waals surface area contributed by atoms with Gasteiger partial charge in [-0.15, -0.1) is 0 Å². The molecule has 0 radical (unpaired) electrons. The summed E-state index contributed by atoms with van der Waals surface area (Å²) in [5.74, 6) is -0.103. The number of oxazole rings is 1. The van der Waals surface area contributed by atoms with E-state index in [1.165, 1.54) is 18.4 Å². The molecule has 0 aliphatic carbocycles. The molecule has 1 amide bonds. The molecule has 2 heterocycles. The Morgan fingerprint density at radius 3 is 2.54 bits per heavy atom. The minimum Gasteiger partial charge on any atom is -0.447 e. The van der Waals surface area contributed by atoms with Crippen molar-refractivity contribution < 1.29 is 27.5 Å². The van der Waals surface area contributed by atoms with Gasteiger partial charge in [0.1, 0.15) is 6.26 Å². The van der Waals surface area contributed by atoms with Gasteiger partial charge in [0.25, 0.3) is 5.91 Å². The molecule has 2 aromatic rings. The third-order valence-electron chi connectivity index (χ3n) is 6.15. The Morgan fingerprint density at radius 2 is 1.89 bits per heavy atom. The molecule has 8 nitrogen and oxygen atoms in total. The van der Waals surface area contributed by atoms with Crippen molar-refractivity contribution in [3.8, 4) is 0 Å². The maximum Gasteiger partial charge on any atom is 0.416 e. The van der Waals surface area contributed by atoms with Crippen LogP contribution in [0.15, 0.2) is 34.9 Å². The summed E-state index contributed by atoms with van der Waals surface area (Å²) in [6.45, 7) is 10.9. The molecule has 1 aliphatic rings. The highest BCUT2D eigenvalue weighted by Gasteiger charge is 2.30. The van der Waals surface area contributed by atoms with Crippen molar-refractivity contribution in [3.63, 3.8) is 0 Å². The molecule has 1 aromatic heterocycles. The Morgan fingerprint density at radius 1 is 1.20 bits per heavy atom. The van der Waals surface area contributed by atoms with Crippen LogP contribution in [-0.2, 0) is 19.3 Å². The summed E-state index contributed by atoms with van der Waals surface area (Å²) < 4.78 is 44.0. The van der Waals surface area contributed by atoms with Crippen LogP contribution in [0, 0.1) is 0 Å². The number of carbonyl (C=O) groups excluding carboxylic acids is 1. The van der Waals surface area contributed by atoms with Gasteiger partial charge >= 0.3 is 6.18 Å². The minimum absolute atomic E-state index is 0.0486. The van der Waals surface area contributed by atoms with E-state index < -0.39 is 17.6 Å². The van der Waals surface area contributed by atoms with E-state index in [9.17, 15) is 23.1 Å². The number of β-amino-alcohol motifs (C(OH)–C–C–N with tert-alkyl or cyclic N) is 1. The number of nitrogens with one attached hydrogen (secondary N) is 1. The number of halogens is 3. The summed E-state index contributed by atoms with van der Waals surface area (Å²) in [7, 11) is 0. The molecule has 1 atom stereocenters. The molecule has 0 spiro atoms. The normalized spacial score (nSPS) is 16.5. The summed E-state index contributed by atoms with van der Waals surface area (Å²) in [5.41, 5.74) is -0.325. The highest BCUT2D eigenvalue weighted by atomic mass is 19.4. The van der Waals surface area contributed by atoms with Gasteiger partial charge in [-0.1, -0.05) is 26.0 Å². The first-order valence-corrected chi connectivity index (χ1v) is 11.9. The lowest BCUT2D eigenvalue weighted by Gasteiger charge is -2.35. The van der Waals surface area contributed by atoms with Gasteiger partial charge in [-0.05, 0) is 30.8 Å². The van der Waals surface area contributed by atoms with Crippen LogP contribution >= 0.6 is 0 Å². The Kier molecular flexibility index (Phi) is 9.67. The van der Waals surface area contributed by atoms with E-state index in [0.717, 1.165) is 51.4 Å². The zero-order chi connectivity index (χ0) is 25.4. The third kappa shape index (κ3) is 8.31.